The van der Waals surface area contributed by atoms with E-state index in [1.54, 1.807) is 27.0 Å². The van der Waals surface area contributed by atoms with E-state index in [1.165, 1.54) is 12.1 Å². The third kappa shape index (κ3) is 4.02. The van der Waals surface area contributed by atoms with E-state index in [1.807, 2.05) is 54.6 Å². The molecule has 6 nitrogen and oxygen atoms in total. The Morgan fingerprint density at radius 2 is 1.63 bits per heavy atom. The SMILES string of the molecule is Cc1c(C(=O)N2CCC(n3c(=O)[nH]c4ccccc43)CC2)cc(-c2ccccc2)n1-c1ccc(F)cc1F. The molecule has 0 atom stereocenters. The van der Waals surface area contributed by atoms with Crippen molar-refractivity contribution in [3.05, 3.63) is 112 Å². The van der Waals surface area contributed by atoms with Crippen LogP contribution in [0.1, 0.15) is 34.9 Å². The van der Waals surface area contributed by atoms with Gasteiger partial charge in [0, 0.05) is 30.9 Å². The Bertz CT molecular complexity index is 1710. The summed E-state index contributed by atoms with van der Waals surface area (Å²) in [6.07, 6.45) is 1.29. The fourth-order valence-electron chi connectivity index (χ4n) is 5.55. The monoisotopic (exact) mass is 512 g/mol. The van der Waals surface area contributed by atoms with Crippen molar-refractivity contribution in [2.45, 2.75) is 25.8 Å². The molecular weight excluding hydrogens is 486 g/mol. The predicted octanol–water partition coefficient (Wildman–Crippen LogP) is 5.85. The number of likely N-dealkylation sites (tertiary alicyclic amines) is 1. The van der Waals surface area contributed by atoms with Crippen LogP contribution in [0.25, 0.3) is 28.0 Å². The van der Waals surface area contributed by atoms with Crippen LogP contribution in [-0.4, -0.2) is 38.0 Å². The van der Waals surface area contributed by atoms with Crippen LogP contribution in [0, 0.1) is 18.6 Å². The van der Waals surface area contributed by atoms with Gasteiger partial charge < -0.3 is 14.5 Å². The second-order valence-corrected chi connectivity index (χ2v) is 9.67. The number of aromatic nitrogens is 3. The summed E-state index contributed by atoms with van der Waals surface area (Å²) in [4.78, 5) is 31.1. The van der Waals surface area contributed by atoms with Crippen molar-refractivity contribution in [3.63, 3.8) is 0 Å². The summed E-state index contributed by atoms with van der Waals surface area (Å²) in [6, 6.07) is 22.3. The summed E-state index contributed by atoms with van der Waals surface area (Å²) >= 11 is 0. The van der Waals surface area contributed by atoms with Gasteiger partial charge in [0.05, 0.1) is 28.0 Å². The molecule has 6 rings (SSSR count). The van der Waals surface area contributed by atoms with Crippen molar-refractivity contribution in [1.29, 1.82) is 0 Å². The standard InChI is InChI=1S/C30H26F2N4O2/c1-19-23(18-28(20-7-3-2-4-8-20)35(19)26-12-11-21(31)17-24(26)32)29(37)34-15-13-22(14-16-34)36-27-10-6-5-9-25(27)33-30(36)38/h2-12,17-18,22H,13-16H2,1H3,(H,33,38). The maximum Gasteiger partial charge on any atom is 0.326 e. The minimum atomic E-state index is -0.704. The fraction of sp³-hybridized carbons (Fsp3) is 0.200. The van der Waals surface area contributed by atoms with Gasteiger partial charge in [-0.3, -0.25) is 9.36 Å². The lowest BCUT2D eigenvalue weighted by molar-refractivity contribution is 0.0694. The maximum absolute atomic E-state index is 14.9. The van der Waals surface area contributed by atoms with E-state index in [4.69, 9.17) is 0 Å². The molecule has 1 fully saturated rings. The van der Waals surface area contributed by atoms with Crippen molar-refractivity contribution in [2.75, 3.05) is 13.1 Å². The van der Waals surface area contributed by atoms with E-state index >= 15 is 0 Å². The number of imidazole rings is 1. The molecule has 8 heteroatoms. The van der Waals surface area contributed by atoms with E-state index in [0.29, 0.717) is 42.9 Å². The number of piperidine rings is 1. The molecule has 2 aromatic heterocycles. The van der Waals surface area contributed by atoms with Crippen LogP contribution in [-0.2, 0) is 0 Å². The first-order valence-corrected chi connectivity index (χ1v) is 12.6. The quantitative estimate of drug-likeness (QED) is 0.328. The normalized spacial score (nSPS) is 14.3. The van der Waals surface area contributed by atoms with E-state index in [2.05, 4.69) is 4.98 Å². The first-order valence-electron chi connectivity index (χ1n) is 12.6. The molecule has 0 spiro atoms. The number of halogens is 2. The van der Waals surface area contributed by atoms with Gasteiger partial charge in [-0.15, -0.1) is 0 Å². The molecule has 1 N–H and O–H groups in total. The lowest BCUT2D eigenvalue weighted by Gasteiger charge is -2.32. The number of hydrogen-bond donors (Lipinski definition) is 1. The van der Waals surface area contributed by atoms with Crippen molar-refractivity contribution < 1.29 is 13.6 Å². The third-order valence-corrected chi connectivity index (χ3v) is 7.44. The molecule has 0 saturated carbocycles. The molecule has 3 heterocycles. The van der Waals surface area contributed by atoms with Crippen molar-refractivity contribution in [3.8, 4) is 16.9 Å². The highest BCUT2D eigenvalue weighted by atomic mass is 19.1. The summed E-state index contributed by atoms with van der Waals surface area (Å²) in [5.41, 5.74) is 4.22. The minimum Gasteiger partial charge on any atom is -0.338 e. The number of carbonyl (C=O) groups is 1. The Hall–Kier alpha value is -4.46. The maximum atomic E-state index is 14.9. The van der Waals surface area contributed by atoms with E-state index in [0.717, 1.165) is 22.7 Å². The highest BCUT2D eigenvalue weighted by Crippen LogP contribution is 2.33. The molecule has 3 aromatic carbocycles. The van der Waals surface area contributed by atoms with Crippen LogP contribution < -0.4 is 5.69 Å². The average molecular weight is 513 g/mol. The van der Waals surface area contributed by atoms with Gasteiger partial charge in [-0.25, -0.2) is 13.6 Å². The van der Waals surface area contributed by atoms with Gasteiger partial charge in [0.1, 0.15) is 11.6 Å². The number of hydrogen-bond acceptors (Lipinski definition) is 2. The number of fused-ring (bicyclic) bond motifs is 1. The number of amides is 1. The largest absolute Gasteiger partial charge is 0.338 e. The molecule has 5 aromatic rings. The molecule has 1 amide bonds. The summed E-state index contributed by atoms with van der Waals surface area (Å²) in [7, 11) is 0. The van der Waals surface area contributed by atoms with E-state index < -0.39 is 11.6 Å². The molecule has 192 valence electrons. The Balaban J connectivity index is 1.32. The zero-order valence-electron chi connectivity index (χ0n) is 20.8. The molecule has 1 aliphatic heterocycles. The topological polar surface area (TPSA) is 63.0 Å². The van der Waals surface area contributed by atoms with Gasteiger partial charge in [-0.2, -0.15) is 0 Å². The van der Waals surface area contributed by atoms with Crippen molar-refractivity contribution in [1.82, 2.24) is 19.0 Å². The zero-order valence-corrected chi connectivity index (χ0v) is 20.8. The Kier molecular flexibility index (Phi) is 5.94. The fourth-order valence-corrected chi connectivity index (χ4v) is 5.55. The van der Waals surface area contributed by atoms with Gasteiger partial charge in [0.25, 0.3) is 5.91 Å². The number of carbonyl (C=O) groups excluding carboxylic acids is 1. The smallest absolute Gasteiger partial charge is 0.326 e. The summed E-state index contributed by atoms with van der Waals surface area (Å²) in [5.74, 6) is -1.51. The van der Waals surface area contributed by atoms with Crippen LogP contribution in [0.5, 0.6) is 0 Å². The average Bonchev–Trinajstić information content (AvgIpc) is 3.45. The minimum absolute atomic E-state index is 0.0124. The molecule has 0 radical (unpaired) electrons. The molecule has 38 heavy (non-hydrogen) atoms. The number of benzene rings is 3. The lowest BCUT2D eigenvalue weighted by Crippen LogP contribution is -2.40. The molecule has 0 bridgehead atoms. The second-order valence-electron chi connectivity index (χ2n) is 9.67. The number of nitrogens with one attached hydrogen (secondary N) is 1. The first-order chi connectivity index (χ1) is 18.4. The van der Waals surface area contributed by atoms with Gasteiger partial charge in [0.15, 0.2) is 0 Å². The first kappa shape index (κ1) is 23.9. The van der Waals surface area contributed by atoms with Crippen molar-refractivity contribution in [2.24, 2.45) is 0 Å². The second kappa shape index (κ2) is 9.45. The van der Waals surface area contributed by atoms with Crippen LogP contribution in [0.4, 0.5) is 8.78 Å². The number of nitrogens with zero attached hydrogens (tertiary/aromatic N) is 3. The van der Waals surface area contributed by atoms with Gasteiger partial charge >= 0.3 is 5.69 Å². The van der Waals surface area contributed by atoms with E-state index in [9.17, 15) is 18.4 Å². The zero-order chi connectivity index (χ0) is 26.4. The number of H-pyrrole nitrogens is 1. The van der Waals surface area contributed by atoms with Crippen molar-refractivity contribution >= 4 is 16.9 Å². The number of para-hydroxylation sites is 2. The molecule has 0 unspecified atom stereocenters. The number of aromatic amines is 1. The summed E-state index contributed by atoms with van der Waals surface area (Å²) < 4.78 is 32.1. The third-order valence-electron chi connectivity index (χ3n) is 7.44. The highest BCUT2D eigenvalue weighted by molar-refractivity contribution is 5.97. The van der Waals surface area contributed by atoms with Crippen LogP contribution in [0.15, 0.2) is 83.7 Å². The Morgan fingerprint density at radius 1 is 0.921 bits per heavy atom. The molecule has 0 aliphatic carbocycles. The predicted molar refractivity (Wildman–Crippen MR) is 143 cm³/mol. The van der Waals surface area contributed by atoms with Crippen LogP contribution >= 0.6 is 0 Å². The molecule has 1 saturated heterocycles. The summed E-state index contributed by atoms with van der Waals surface area (Å²) in [6.45, 7) is 2.76. The number of rotatable bonds is 4. The van der Waals surface area contributed by atoms with Crippen LogP contribution in [0.3, 0.4) is 0 Å². The van der Waals surface area contributed by atoms with Gasteiger partial charge in [0.2, 0.25) is 0 Å². The highest BCUT2D eigenvalue weighted by Gasteiger charge is 2.29. The van der Waals surface area contributed by atoms with E-state index in [-0.39, 0.29) is 23.3 Å². The van der Waals surface area contributed by atoms with Gasteiger partial charge in [-0.1, -0.05) is 42.5 Å². The van der Waals surface area contributed by atoms with Gasteiger partial charge in [-0.05, 0) is 55.7 Å². The molecular formula is C30H26F2N4O2. The van der Waals surface area contributed by atoms with Crippen LogP contribution in [0.2, 0.25) is 0 Å². The Morgan fingerprint density at radius 3 is 2.37 bits per heavy atom. The lowest BCUT2D eigenvalue weighted by atomic mass is 10.0. The molecule has 1 aliphatic rings. The Labute approximate surface area is 217 Å². The summed E-state index contributed by atoms with van der Waals surface area (Å²) in [5, 5.41) is 0.